The minimum atomic E-state index is -4.44. The first-order valence-corrected chi connectivity index (χ1v) is 6.92. The number of alkyl halides is 3. The molecule has 0 saturated carbocycles. The van der Waals surface area contributed by atoms with E-state index in [1.54, 1.807) is 18.2 Å². The Morgan fingerprint density at radius 3 is 2.62 bits per heavy atom. The highest BCUT2D eigenvalue weighted by molar-refractivity contribution is 5.95. The number of methoxy groups -OCH3 is 1. The van der Waals surface area contributed by atoms with Crippen LogP contribution in [0.15, 0.2) is 48.7 Å². The summed E-state index contributed by atoms with van der Waals surface area (Å²) < 4.78 is 43.4. The van der Waals surface area contributed by atoms with Crippen LogP contribution in [-0.4, -0.2) is 23.0 Å². The lowest BCUT2D eigenvalue weighted by Crippen LogP contribution is -2.05. The van der Waals surface area contributed by atoms with E-state index in [2.05, 4.69) is 14.7 Å². The van der Waals surface area contributed by atoms with Gasteiger partial charge in [0.25, 0.3) is 0 Å². The summed E-state index contributed by atoms with van der Waals surface area (Å²) in [6.45, 7) is 0. The molecule has 1 aromatic carbocycles. The summed E-state index contributed by atoms with van der Waals surface area (Å²) in [7, 11) is 1.23. The quantitative estimate of drug-likeness (QED) is 0.663. The van der Waals surface area contributed by atoms with Gasteiger partial charge in [0.15, 0.2) is 0 Å². The molecule has 24 heavy (non-hydrogen) atoms. The predicted octanol–water partition coefficient (Wildman–Crippen LogP) is 4.10. The monoisotopic (exact) mass is 332 g/mol. The van der Waals surface area contributed by atoms with E-state index >= 15 is 0 Å². The third-order valence-electron chi connectivity index (χ3n) is 3.48. The molecule has 0 aliphatic heterocycles. The van der Waals surface area contributed by atoms with Crippen LogP contribution in [0.5, 0.6) is 0 Å². The van der Waals surface area contributed by atoms with E-state index < -0.39 is 17.7 Å². The van der Waals surface area contributed by atoms with Crippen LogP contribution in [0.2, 0.25) is 0 Å². The molecule has 3 aromatic rings. The number of pyridine rings is 2. The van der Waals surface area contributed by atoms with Gasteiger partial charge in [-0.1, -0.05) is 12.1 Å². The Morgan fingerprint density at radius 2 is 1.92 bits per heavy atom. The molecule has 122 valence electrons. The molecule has 4 nitrogen and oxygen atoms in total. The number of esters is 1. The second-order valence-electron chi connectivity index (χ2n) is 4.99. The Labute approximate surface area is 134 Å². The zero-order chi connectivity index (χ0) is 17.3. The van der Waals surface area contributed by atoms with Crippen molar-refractivity contribution in [3.8, 4) is 11.1 Å². The molecule has 2 heterocycles. The number of hydrogen-bond acceptors (Lipinski definition) is 4. The van der Waals surface area contributed by atoms with Crippen molar-refractivity contribution in [2.45, 2.75) is 6.18 Å². The van der Waals surface area contributed by atoms with Crippen LogP contribution in [0.25, 0.3) is 22.2 Å². The zero-order valence-corrected chi connectivity index (χ0v) is 12.5. The first-order valence-electron chi connectivity index (χ1n) is 6.92. The van der Waals surface area contributed by atoms with Gasteiger partial charge in [-0.25, -0.2) is 9.78 Å². The summed E-state index contributed by atoms with van der Waals surface area (Å²) in [4.78, 5) is 20.0. The first-order chi connectivity index (χ1) is 11.4. The van der Waals surface area contributed by atoms with Crippen molar-refractivity contribution in [3.63, 3.8) is 0 Å². The first kappa shape index (κ1) is 15.9. The second kappa shape index (κ2) is 5.92. The van der Waals surface area contributed by atoms with E-state index in [-0.39, 0.29) is 5.69 Å². The normalized spacial score (nSPS) is 11.5. The summed E-state index contributed by atoms with van der Waals surface area (Å²) in [6, 6.07) is 9.52. The predicted molar refractivity (Wildman–Crippen MR) is 81.3 cm³/mol. The maximum absolute atomic E-state index is 12.9. The minimum Gasteiger partial charge on any atom is -0.464 e. The molecule has 0 spiro atoms. The summed E-state index contributed by atoms with van der Waals surface area (Å²) in [6.07, 6.45) is -2.96. The molecule has 0 saturated heterocycles. The Morgan fingerprint density at radius 1 is 1.12 bits per heavy atom. The van der Waals surface area contributed by atoms with Crippen LogP contribution in [0.1, 0.15) is 16.1 Å². The van der Waals surface area contributed by atoms with Crippen molar-refractivity contribution in [3.05, 3.63) is 59.9 Å². The van der Waals surface area contributed by atoms with E-state index in [4.69, 9.17) is 0 Å². The smallest absolute Gasteiger partial charge is 0.416 e. The molecular formula is C17H11F3N2O2. The second-order valence-corrected chi connectivity index (χ2v) is 4.99. The van der Waals surface area contributed by atoms with Gasteiger partial charge >= 0.3 is 12.1 Å². The lowest BCUT2D eigenvalue weighted by Gasteiger charge is -2.10. The van der Waals surface area contributed by atoms with Gasteiger partial charge in [0.05, 0.1) is 23.7 Å². The van der Waals surface area contributed by atoms with E-state index in [0.717, 1.165) is 12.1 Å². The van der Waals surface area contributed by atoms with Gasteiger partial charge in [-0.2, -0.15) is 13.2 Å². The van der Waals surface area contributed by atoms with Gasteiger partial charge in [-0.05, 0) is 35.9 Å². The maximum atomic E-state index is 12.9. The highest BCUT2D eigenvalue weighted by Crippen LogP contribution is 2.33. The Bertz CT molecular complexity index is 923. The number of carbonyl (C=O) groups is 1. The van der Waals surface area contributed by atoms with Crippen LogP contribution >= 0.6 is 0 Å². The molecule has 7 heteroatoms. The lowest BCUT2D eigenvalue weighted by atomic mass is 10.0. The van der Waals surface area contributed by atoms with Gasteiger partial charge in [-0.15, -0.1) is 0 Å². The Hall–Kier alpha value is -2.96. The minimum absolute atomic E-state index is 0.0613. The van der Waals surface area contributed by atoms with Crippen LogP contribution in [-0.2, 0) is 10.9 Å². The fraction of sp³-hybridized carbons (Fsp3) is 0.118. The number of rotatable bonds is 2. The molecule has 0 unspecified atom stereocenters. The molecule has 0 N–H and O–H groups in total. The van der Waals surface area contributed by atoms with Crippen molar-refractivity contribution in [2.75, 3.05) is 7.11 Å². The van der Waals surface area contributed by atoms with Crippen molar-refractivity contribution in [1.29, 1.82) is 0 Å². The van der Waals surface area contributed by atoms with Gasteiger partial charge in [-0.3, -0.25) is 4.98 Å². The summed E-state index contributed by atoms with van der Waals surface area (Å²) in [5.41, 5.74) is 0.904. The Kier molecular flexibility index (Phi) is 3.92. The highest BCUT2D eigenvalue weighted by atomic mass is 19.4. The highest BCUT2D eigenvalue weighted by Gasteiger charge is 2.30. The van der Waals surface area contributed by atoms with Crippen molar-refractivity contribution < 1.29 is 22.7 Å². The fourth-order valence-corrected chi connectivity index (χ4v) is 2.34. The van der Waals surface area contributed by atoms with Gasteiger partial charge < -0.3 is 4.74 Å². The standard InChI is InChI=1S/C17H11F3N2O2/c1-24-16(23)14-6-5-13-15(22-14)12(7-8-21-13)10-3-2-4-11(9-10)17(18,19)20/h2-9H,1H3. The van der Waals surface area contributed by atoms with E-state index in [9.17, 15) is 18.0 Å². The SMILES string of the molecule is COC(=O)c1ccc2nccc(-c3cccc(C(F)(F)F)c3)c2n1. The van der Waals surface area contributed by atoms with E-state index in [0.29, 0.717) is 22.2 Å². The third kappa shape index (κ3) is 2.92. The number of benzene rings is 1. The number of nitrogens with zero attached hydrogens (tertiary/aromatic N) is 2. The number of ether oxygens (including phenoxy) is 1. The number of carbonyl (C=O) groups excluding carboxylic acids is 1. The van der Waals surface area contributed by atoms with Crippen molar-refractivity contribution >= 4 is 17.0 Å². The summed E-state index contributed by atoms with van der Waals surface area (Å²) in [5.74, 6) is -0.629. The van der Waals surface area contributed by atoms with Crippen LogP contribution < -0.4 is 0 Å². The van der Waals surface area contributed by atoms with Crippen LogP contribution in [0, 0.1) is 0 Å². The fourth-order valence-electron chi connectivity index (χ4n) is 2.34. The molecule has 0 aliphatic carbocycles. The van der Waals surface area contributed by atoms with Crippen molar-refractivity contribution in [2.24, 2.45) is 0 Å². The number of aromatic nitrogens is 2. The topological polar surface area (TPSA) is 52.1 Å². The summed E-state index contributed by atoms with van der Waals surface area (Å²) >= 11 is 0. The average Bonchev–Trinajstić information content (AvgIpc) is 2.59. The molecule has 0 fully saturated rings. The molecule has 0 atom stereocenters. The largest absolute Gasteiger partial charge is 0.464 e. The maximum Gasteiger partial charge on any atom is 0.416 e. The van der Waals surface area contributed by atoms with E-state index in [1.165, 1.54) is 25.4 Å². The number of halogens is 3. The number of hydrogen-bond donors (Lipinski definition) is 0. The van der Waals surface area contributed by atoms with Crippen LogP contribution in [0.4, 0.5) is 13.2 Å². The zero-order valence-electron chi connectivity index (χ0n) is 12.5. The van der Waals surface area contributed by atoms with Gasteiger partial charge in [0, 0.05) is 11.8 Å². The third-order valence-corrected chi connectivity index (χ3v) is 3.48. The summed E-state index contributed by atoms with van der Waals surface area (Å²) in [5, 5.41) is 0. The molecule has 0 aliphatic rings. The molecule has 0 amide bonds. The molecule has 0 bridgehead atoms. The van der Waals surface area contributed by atoms with Crippen molar-refractivity contribution in [1.82, 2.24) is 9.97 Å². The number of fused-ring (bicyclic) bond motifs is 1. The molecule has 2 aromatic heterocycles. The van der Waals surface area contributed by atoms with E-state index in [1.807, 2.05) is 0 Å². The molecular weight excluding hydrogens is 321 g/mol. The van der Waals surface area contributed by atoms with Crippen LogP contribution in [0.3, 0.4) is 0 Å². The molecule has 3 rings (SSSR count). The average molecular weight is 332 g/mol. The Balaban J connectivity index is 2.21. The molecule has 0 radical (unpaired) electrons. The lowest BCUT2D eigenvalue weighted by molar-refractivity contribution is -0.137. The van der Waals surface area contributed by atoms with Gasteiger partial charge in [0.1, 0.15) is 5.69 Å². The van der Waals surface area contributed by atoms with Gasteiger partial charge in [0.2, 0.25) is 0 Å².